The topological polar surface area (TPSA) is 56.0 Å². The molecule has 19 heavy (non-hydrogen) atoms. The van der Waals surface area contributed by atoms with Gasteiger partial charge in [-0.15, -0.1) is 0 Å². The highest BCUT2D eigenvalue weighted by Gasteiger charge is 2.18. The van der Waals surface area contributed by atoms with Crippen LogP contribution < -0.4 is 16.6 Å². The number of rotatable bonds is 3. The van der Waals surface area contributed by atoms with Crippen LogP contribution >= 0.6 is 0 Å². The molecule has 1 heterocycles. The smallest absolute Gasteiger partial charge is 0.310 e. The fourth-order valence-corrected chi connectivity index (χ4v) is 2.72. The number of aryl methyl sites for hydroxylation is 1. The summed E-state index contributed by atoms with van der Waals surface area (Å²) in [6, 6.07) is 0.498. The predicted molar refractivity (Wildman–Crippen MR) is 75.2 cm³/mol. The van der Waals surface area contributed by atoms with Crippen molar-refractivity contribution in [1.29, 1.82) is 0 Å². The van der Waals surface area contributed by atoms with E-state index in [1.807, 2.05) is 0 Å². The van der Waals surface area contributed by atoms with E-state index >= 15 is 0 Å². The molecule has 5 heteroatoms. The molecule has 1 fully saturated rings. The van der Waals surface area contributed by atoms with Crippen molar-refractivity contribution < 1.29 is 0 Å². The van der Waals surface area contributed by atoms with Gasteiger partial charge in [0.25, 0.3) is 5.56 Å². The second-order valence-electron chi connectivity index (χ2n) is 5.75. The molecule has 0 spiro atoms. The molecule has 106 valence electrons. The third-order valence-electron chi connectivity index (χ3n) is 4.11. The lowest BCUT2D eigenvalue weighted by Gasteiger charge is -2.27. The Morgan fingerprint density at radius 2 is 1.84 bits per heavy atom. The van der Waals surface area contributed by atoms with Crippen LogP contribution in [0.15, 0.2) is 15.8 Å². The quantitative estimate of drug-likeness (QED) is 0.877. The molecule has 0 unspecified atom stereocenters. The van der Waals surface area contributed by atoms with Crippen molar-refractivity contribution in [2.75, 3.05) is 0 Å². The third-order valence-corrected chi connectivity index (χ3v) is 4.11. The number of hydrogen-bond donors (Lipinski definition) is 1. The van der Waals surface area contributed by atoms with Crippen molar-refractivity contribution in [3.63, 3.8) is 0 Å². The molecule has 0 aliphatic heterocycles. The number of nitrogens with zero attached hydrogens (tertiary/aromatic N) is 2. The standard InChI is InChI=1S/C14H23N3O2/c1-10-4-6-12(7-5-10)15-8-11-9-16(2)14(19)17(3)13(11)18/h9-10,12,15H,4-8H2,1-3H3. The second-order valence-corrected chi connectivity index (χ2v) is 5.75. The number of aromatic nitrogens is 2. The zero-order chi connectivity index (χ0) is 14.0. The van der Waals surface area contributed by atoms with Crippen LogP contribution in [0.5, 0.6) is 0 Å². The van der Waals surface area contributed by atoms with Gasteiger partial charge in [0.05, 0.1) is 0 Å². The van der Waals surface area contributed by atoms with E-state index in [0.717, 1.165) is 5.92 Å². The molecule has 5 nitrogen and oxygen atoms in total. The Labute approximate surface area is 113 Å². The first-order valence-corrected chi connectivity index (χ1v) is 6.98. The van der Waals surface area contributed by atoms with E-state index in [1.54, 1.807) is 13.2 Å². The minimum absolute atomic E-state index is 0.195. The fourth-order valence-electron chi connectivity index (χ4n) is 2.72. The van der Waals surface area contributed by atoms with Crippen LogP contribution in [0.2, 0.25) is 0 Å². The van der Waals surface area contributed by atoms with Crippen molar-refractivity contribution in [3.8, 4) is 0 Å². The Morgan fingerprint density at radius 3 is 2.47 bits per heavy atom. The van der Waals surface area contributed by atoms with E-state index in [9.17, 15) is 9.59 Å². The highest BCUT2D eigenvalue weighted by Crippen LogP contribution is 2.23. The molecule has 0 amide bonds. The molecular formula is C14H23N3O2. The summed E-state index contributed by atoms with van der Waals surface area (Å²) < 4.78 is 2.63. The van der Waals surface area contributed by atoms with Gasteiger partial charge in [0.15, 0.2) is 0 Å². The zero-order valence-corrected chi connectivity index (χ0v) is 12.0. The van der Waals surface area contributed by atoms with Crippen molar-refractivity contribution >= 4 is 0 Å². The summed E-state index contributed by atoms with van der Waals surface area (Å²) in [4.78, 5) is 23.6. The molecule has 2 rings (SSSR count). The molecule has 1 N–H and O–H groups in total. The Kier molecular flexibility index (Phi) is 4.24. The molecular weight excluding hydrogens is 242 g/mol. The number of hydrogen-bond acceptors (Lipinski definition) is 3. The summed E-state index contributed by atoms with van der Waals surface area (Å²) in [7, 11) is 3.20. The van der Waals surface area contributed by atoms with Gasteiger partial charge in [-0.05, 0) is 31.6 Å². The minimum Gasteiger partial charge on any atom is -0.310 e. The van der Waals surface area contributed by atoms with Gasteiger partial charge in [-0.3, -0.25) is 9.36 Å². The average Bonchev–Trinajstić information content (AvgIpc) is 2.41. The van der Waals surface area contributed by atoms with Gasteiger partial charge in [-0.25, -0.2) is 4.79 Å². The maximum absolute atomic E-state index is 12.0. The molecule has 1 aromatic heterocycles. The van der Waals surface area contributed by atoms with Crippen LogP contribution in [-0.2, 0) is 20.6 Å². The first-order chi connectivity index (χ1) is 8.99. The van der Waals surface area contributed by atoms with Gasteiger partial charge in [-0.1, -0.05) is 6.92 Å². The Balaban J connectivity index is 2.04. The van der Waals surface area contributed by atoms with E-state index in [-0.39, 0.29) is 11.2 Å². The Morgan fingerprint density at radius 1 is 1.21 bits per heavy atom. The molecule has 0 atom stereocenters. The number of nitrogens with one attached hydrogen (secondary N) is 1. The maximum atomic E-state index is 12.0. The summed E-state index contributed by atoms with van der Waals surface area (Å²) in [6.45, 7) is 2.83. The monoisotopic (exact) mass is 265 g/mol. The SMILES string of the molecule is CC1CCC(NCc2cn(C)c(=O)n(C)c2=O)CC1. The molecule has 1 aliphatic rings. The lowest BCUT2D eigenvalue weighted by Crippen LogP contribution is -2.41. The van der Waals surface area contributed by atoms with Gasteiger partial charge < -0.3 is 9.88 Å². The first-order valence-electron chi connectivity index (χ1n) is 6.98. The summed E-state index contributed by atoms with van der Waals surface area (Å²) >= 11 is 0. The van der Waals surface area contributed by atoms with Crippen molar-refractivity contribution in [2.24, 2.45) is 20.0 Å². The normalized spacial score (nSPS) is 23.5. The Hall–Kier alpha value is -1.36. The van der Waals surface area contributed by atoms with Crippen molar-refractivity contribution in [1.82, 2.24) is 14.5 Å². The molecule has 0 aromatic carbocycles. The molecule has 0 radical (unpaired) electrons. The van der Waals surface area contributed by atoms with Gasteiger partial charge in [0.2, 0.25) is 0 Å². The average molecular weight is 265 g/mol. The van der Waals surface area contributed by atoms with Crippen molar-refractivity contribution in [2.45, 2.75) is 45.2 Å². The molecule has 1 saturated carbocycles. The summed E-state index contributed by atoms with van der Waals surface area (Å²) in [5, 5.41) is 3.44. The van der Waals surface area contributed by atoms with Crippen LogP contribution in [0.1, 0.15) is 38.2 Å². The van der Waals surface area contributed by atoms with Gasteiger partial charge in [0, 0.05) is 38.4 Å². The molecule has 1 aromatic rings. The van der Waals surface area contributed by atoms with Crippen LogP contribution in [0.3, 0.4) is 0 Å². The van der Waals surface area contributed by atoms with E-state index < -0.39 is 0 Å². The van der Waals surface area contributed by atoms with Crippen molar-refractivity contribution in [3.05, 3.63) is 32.6 Å². The molecule has 0 bridgehead atoms. The second kappa shape index (κ2) is 5.74. The minimum atomic E-state index is -0.278. The van der Waals surface area contributed by atoms with Gasteiger partial charge in [0.1, 0.15) is 0 Å². The van der Waals surface area contributed by atoms with Gasteiger partial charge >= 0.3 is 5.69 Å². The zero-order valence-electron chi connectivity index (χ0n) is 12.0. The van der Waals surface area contributed by atoms with Crippen LogP contribution in [0.25, 0.3) is 0 Å². The van der Waals surface area contributed by atoms with Crippen LogP contribution in [0.4, 0.5) is 0 Å². The lowest BCUT2D eigenvalue weighted by atomic mass is 9.87. The Bertz CT molecular complexity index is 551. The fraction of sp³-hybridized carbons (Fsp3) is 0.714. The third kappa shape index (κ3) is 3.15. The highest BCUT2D eigenvalue weighted by molar-refractivity contribution is 5.05. The molecule has 1 aliphatic carbocycles. The van der Waals surface area contributed by atoms with E-state index in [1.165, 1.54) is 41.9 Å². The van der Waals surface area contributed by atoms with Crippen LogP contribution in [0, 0.1) is 5.92 Å². The molecule has 0 saturated heterocycles. The van der Waals surface area contributed by atoms with E-state index in [0.29, 0.717) is 18.2 Å². The first kappa shape index (κ1) is 14.1. The van der Waals surface area contributed by atoms with E-state index in [2.05, 4.69) is 12.2 Å². The van der Waals surface area contributed by atoms with E-state index in [4.69, 9.17) is 0 Å². The summed E-state index contributed by atoms with van der Waals surface area (Å²) in [5.41, 5.74) is 0.184. The highest BCUT2D eigenvalue weighted by atomic mass is 16.2. The summed E-state index contributed by atoms with van der Waals surface area (Å²) in [6.07, 6.45) is 6.50. The maximum Gasteiger partial charge on any atom is 0.330 e. The summed E-state index contributed by atoms with van der Waals surface area (Å²) in [5.74, 6) is 0.823. The lowest BCUT2D eigenvalue weighted by molar-refractivity contribution is 0.306. The largest absolute Gasteiger partial charge is 0.330 e. The van der Waals surface area contributed by atoms with Crippen LogP contribution in [-0.4, -0.2) is 15.2 Å². The van der Waals surface area contributed by atoms with Gasteiger partial charge in [-0.2, -0.15) is 0 Å². The predicted octanol–water partition coefficient (Wildman–Crippen LogP) is 0.752.